The smallest absolute Gasteiger partial charge is 0.225 e. The molecule has 1 amide bonds. The van der Waals surface area contributed by atoms with E-state index in [1.54, 1.807) is 0 Å². The van der Waals surface area contributed by atoms with E-state index in [4.69, 9.17) is 0 Å². The van der Waals surface area contributed by atoms with Crippen LogP contribution in [0.4, 0.5) is 0 Å². The quantitative estimate of drug-likeness (QED) is 0.856. The molecule has 1 aromatic rings. The van der Waals surface area contributed by atoms with Crippen LogP contribution in [0.5, 0.6) is 0 Å². The zero-order valence-corrected chi connectivity index (χ0v) is 13.3. The summed E-state index contributed by atoms with van der Waals surface area (Å²) in [5.41, 5.74) is 1.40. The molecular weight excluding hydrogens is 272 g/mol. The van der Waals surface area contributed by atoms with Crippen molar-refractivity contribution in [1.82, 2.24) is 9.80 Å². The first-order valence-electron chi connectivity index (χ1n) is 8.86. The van der Waals surface area contributed by atoms with Gasteiger partial charge in [0.05, 0.1) is 0 Å². The van der Waals surface area contributed by atoms with Gasteiger partial charge in [-0.15, -0.1) is 0 Å². The Morgan fingerprint density at radius 2 is 1.82 bits per heavy atom. The molecular formula is C19H26N2O. The molecule has 1 aliphatic carbocycles. The van der Waals surface area contributed by atoms with E-state index in [2.05, 4.69) is 40.1 Å². The molecule has 3 nitrogen and oxygen atoms in total. The average molecular weight is 298 g/mol. The molecule has 3 heterocycles. The van der Waals surface area contributed by atoms with Gasteiger partial charge in [-0.25, -0.2) is 0 Å². The molecule has 2 bridgehead atoms. The average Bonchev–Trinajstić information content (AvgIpc) is 2.78. The first-order chi connectivity index (χ1) is 10.8. The highest BCUT2D eigenvalue weighted by molar-refractivity contribution is 5.79. The van der Waals surface area contributed by atoms with Crippen molar-refractivity contribution in [3.8, 4) is 0 Å². The van der Waals surface area contributed by atoms with E-state index in [9.17, 15) is 4.79 Å². The lowest BCUT2D eigenvalue weighted by Gasteiger charge is -2.36. The summed E-state index contributed by atoms with van der Waals surface area (Å²) in [5, 5.41) is 0. The third kappa shape index (κ3) is 2.79. The zero-order chi connectivity index (χ0) is 14.9. The maximum Gasteiger partial charge on any atom is 0.225 e. The third-order valence-electron chi connectivity index (χ3n) is 5.82. The molecule has 1 aromatic carbocycles. The molecule has 0 aromatic heterocycles. The summed E-state index contributed by atoms with van der Waals surface area (Å²) < 4.78 is 0. The fraction of sp³-hybridized carbons (Fsp3) is 0.632. The molecule has 0 unspecified atom stereocenters. The Balaban J connectivity index is 1.45. The van der Waals surface area contributed by atoms with Gasteiger partial charge in [-0.05, 0) is 37.2 Å². The van der Waals surface area contributed by atoms with Crippen LogP contribution < -0.4 is 0 Å². The Labute approximate surface area is 133 Å². The summed E-state index contributed by atoms with van der Waals surface area (Å²) in [5.74, 6) is 1.47. The normalized spacial score (nSPS) is 29.2. The van der Waals surface area contributed by atoms with Crippen LogP contribution in [-0.2, 0) is 11.3 Å². The fourth-order valence-electron chi connectivity index (χ4n) is 4.28. The number of rotatable bonds is 3. The summed E-state index contributed by atoms with van der Waals surface area (Å²) in [6.07, 6.45) is 6.05. The summed E-state index contributed by atoms with van der Waals surface area (Å²) >= 11 is 0. The van der Waals surface area contributed by atoms with Crippen LogP contribution in [0.15, 0.2) is 30.3 Å². The predicted octanol–water partition coefficient (Wildman–Crippen LogP) is 2.91. The number of benzene rings is 1. The van der Waals surface area contributed by atoms with Gasteiger partial charge in [0.2, 0.25) is 5.91 Å². The number of carbonyl (C=O) groups is 1. The molecule has 0 radical (unpaired) electrons. The second-order valence-electron chi connectivity index (χ2n) is 7.38. The second-order valence-corrected chi connectivity index (χ2v) is 7.38. The maximum atomic E-state index is 12.6. The number of fused-ring (bicyclic) bond motifs is 4. The Hall–Kier alpha value is -1.35. The minimum atomic E-state index is 0.347. The van der Waals surface area contributed by atoms with Crippen LogP contribution in [0.2, 0.25) is 0 Å². The Morgan fingerprint density at radius 1 is 1.00 bits per heavy atom. The van der Waals surface area contributed by atoms with Gasteiger partial charge >= 0.3 is 0 Å². The van der Waals surface area contributed by atoms with Gasteiger partial charge in [-0.2, -0.15) is 0 Å². The number of nitrogens with zero attached hydrogens (tertiary/aromatic N) is 2. The Morgan fingerprint density at radius 3 is 2.55 bits per heavy atom. The van der Waals surface area contributed by atoms with E-state index < -0.39 is 0 Å². The highest BCUT2D eigenvalue weighted by Crippen LogP contribution is 2.33. The van der Waals surface area contributed by atoms with E-state index in [0.717, 1.165) is 39.0 Å². The highest BCUT2D eigenvalue weighted by atomic mass is 16.2. The molecule has 5 rings (SSSR count). The lowest BCUT2D eigenvalue weighted by atomic mass is 9.84. The molecule has 4 aliphatic rings. The van der Waals surface area contributed by atoms with Gasteiger partial charge in [0.1, 0.15) is 0 Å². The number of piperidine rings is 1. The Kier molecular flexibility index (Phi) is 3.91. The standard InChI is InChI=1S/C19H26N2O/c22-19(17-7-4-8-17)21-13-16-9-10-18(14-21)20(12-16)11-15-5-2-1-3-6-15/h1-3,5-6,16-18H,4,7-14H2/t16-,18-/m0/s1. The topological polar surface area (TPSA) is 23.6 Å². The van der Waals surface area contributed by atoms with Crippen LogP contribution in [0, 0.1) is 11.8 Å². The molecule has 3 heteroatoms. The molecule has 0 spiro atoms. The fourth-order valence-corrected chi connectivity index (χ4v) is 4.28. The Bertz CT molecular complexity index is 525. The number of carbonyl (C=O) groups excluding carboxylic acids is 1. The van der Waals surface area contributed by atoms with E-state index in [-0.39, 0.29) is 0 Å². The van der Waals surface area contributed by atoms with Crippen molar-refractivity contribution in [2.45, 2.75) is 44.7 Å². The molecule has 22 heavy (non-hydrogen) atoms. The third-order valence-corrected chi connectivity index (χ3v) is 5.82. The van der Waals surface area contributed by atoms with Crippen molar-refractivity contribution in [2.24, 2.45) is 11.8 Å². The molecule has 0 N–H and O–H groups in total. The minimum Gasteiger partial charge on any atom is -0.341 e. The van der Waals surface area contributed by atoms with Crippen LogP contribution >= 0.6 is 0 Å². The SMILES string of the molecule is O=C(C1CCC1)N1C[C@H]2CC[C@@H](C1)N(Cc1ccccc1)C2. The van der Waals surface area contributed by atoms with Crippen LogP contribution in [0.25, 0.3) is 0 Å². The maximum absolute atomic E-state index is 12.6. The van der Waals surface area contributed by atoms with Crippen LogP contribution in [0.3, 0.4) is 0 Å². The first kappa shape index (κ1) is 14.3. The molecule has 4 fully saturated rings. The monoisotopic (exact) mass is 298 g/mol. The summed E-state index contributed by atoms with van der Waals surface area (Å²) in [7, 11) is 0. The zero-order valence-electron chi connectivity index (χ0n) is 13.3. The van der Waals surface area contributed by atoms with E-state index in [1.807, 2.05) is 0 Å². The highest BCUT2D eigenvalue weighted by Gasteiger charge is 2.38. The number of hydrogen-bond donors (Lipinski definition) is 0. The lowest BCUT2D eigenvalue weighted by molar-refractivity contribution is -0.138. The number of hydrogen-bond acceptors (Lipinski definition) is 2. The number of amides is 1. The van der Waals surface area contributed by atoms with Crippen molar-refractivity contribution in [1.29, 1.82) is 0 Å². The summed E-state index contributed by atoms with van der Waals surface area (Å²) in [6, 6.07) is 11.3. The molecule has 2 atom stereocenters. The van der Waals surface area contributed by atoms with Crippen molar-refractivity contribution in [3.63, 3.8) is 0 Å². The van der Waals surface area contributed by atoms with Crippen LogP contribution in [0.1, 0.15) is 37.7 Å². The largest absolute Gasteiger partial charge is 0.341 e. The van der Waals surface area contributed by atoms with Gasteiger partial charge in [-0.1, -0.05) is 36.8 Å². The van der Waals surface area contributed by atoms with Crippen molar-refractivity contribution in [3.05, 3.63) is 35.9 Å². The van der Waals surface area contributed by atoms with Crippen molar-refractivity contribution < 1.29 is 4.79 Å². The van der Waals surface area contributed by atoms with Gasteiger partial charge in [-0.3, -0.25) is 9.69 Å². The van der Waals surface area contributed by atoms with Gasteiger partial charge in [0, 0.05) is 38.1 Å². The molecule has 1 saturated carbocycles. The van der Waals surface area contributed by atoms with E-state index >= 15 is 0 Å². The summed E-state index contributed by atoms with van der Waals surface area (Å²) in [4.78, 5) is 17.5. The van der Waals surface area contributed by atoms with Gasteiger partial charge < -0.3 is 4.90 Å². The summed E-state index contributed by atoms with van der Waals surface area (Å²) in [6.45, 7) is 4.15. The van der Waals surface area contributed by atoms with Crippen molar-refractivity contribution in [2.75, 3.05) is 19.6 Å². The second kappa shape index (κ2) is 6.04. The molecule has 3 aliphatic heterocycles. The van der Waals surface area contributed by atoms with E-state index in [1.165, 1.54) is 24.8 Å². The molecule has 118 valence electrons. The predicted molar refractivity (Wildman–Crippen MR) is 87.3 cm³/mol. The molecule has 3 saturated heterocycles. The van der Waals surface area contributed by atoms with Crippen molar-refractivity contribution >= 4 is 5.91 Å². The van der Waals surface area contributed by atoms with Crippen LogP contribution in [-0.4, -0.2) is 41.4 Å². The van der Waals surface area contributed by atoms with E-state index in [0.29, 0.717) is 23.8 Å². The van der Waals surface area contributed by atoms with Gasteiger partial charge in [0.25, 0.3) is 0 Å². The lowest BCUT2D eigenvalue weighted by Crippen LogP contribution is -2.45. The first-order valence-corrected chi connectivity index (χ1v) is 8.86. The minimum absolute atomic E-state index is 0.347. The van der Waals surface area contributed by atoms with Gasteiger partial charge in [0.15, 0.2) is 0 Å².